The first-order chi connectivity index (χ1) is 4.75. The van der Waals surface area contributed by atoms with E-state index in [1.807, 2.05) is 18.8 Å². The second kappa shape index (κ2) is 2.55. The molecule has 10 heavy (non-hydrogen) atoms. The molecular weight excluding hydrogens is 130 g/mol. The normalized spacial score (nSPS) is 11.1. The minimum absolute atomic E-state index is 0.616. The summed E-state index contributed by atoms with van der Waals surface area (Å²) in [5, 5.41) is 7.39. The van der Waals surface area contributed by atoms with Gasteiger partial charge in [0.2, 0.25) is 0 Å². The van der Waals surface area contributed by atoms with E-state index in [-0.39, 0.29) is 0 Å². The van der Waals surface area contributed by atoms with E-state index in [1.54, 1.807) is 18.1 Å². The van der Waals surface area contributed by atoms with E-state index in [0.717, 1.165) is 0 Å². The zero-order valence-corrected chi connectivity index (χ0v) is 6.31. The fourth-order valence-electron chi connectivity index (χ4n) is 0.617. The van der Waals surface area contributed by atoms with Crippen LogP contribution in [0.1, 0.15) is 0 Å². The topological polar surface area (TPSA) is 46.4 Å². The Hall–Kier alpha value is -1.26. The van der Waals surface area contributed by atoms with Crippen LogP contribution in [0.5, 0.6) is 0 Å². The number of aromatic nitrogens is 3. The van der Waals surface area contributed by atoms with Crippen molar-refractivity contribution < 1.29 is 4.68 Å². The summed E-state index contributed by atoms with van der Waals surface area (Å²) in [4.78, 5) is 3.97. The second-order valence-corrected chi connectivity index (χ2v) is 1.94. The Kier molecular flexibility index (Phi) is 1.75. The van der Waals surface area contributed by atoms with Gasteiger partial charge in [0.25, 0.3) is 0 Å². The fraction of sp³-hybridized carbons (Fsp3) is 0.600. The highest BCUT2D eigenvalue weighted by Gasteiger charge is 2.08. The van der Waals surface area contributed by atoms with Crippen molar-refractivity contribution in [1.29, 1.82) is 0 Å². The third-order valence-electron chi connectivity index (χ3n) is 1.29. The van der Waals surface area contributed by atoms with Gasteiger partial charge in [-0.25, -0.2) is 0 Å². The van der Waals surface area contributed by atoms with Crippen molar-refractivity contribution in [1.82, 2.24) is 9.67 Å². The quantitative estimate of drug-likeness (QED) is 0.398. The van der Waals surface area contributed by atoms with Gasteiger partial charge in [-0.05, 0) is 4.98 Å². The lowest BCUT2D eigenvalue weighted by Crippen LogP contribution is -2.35. The molecular formula is C5H10N5+. The minimum Gasteiger partial charge on any atom is -0.187 e. The molecule has 0 saturated carbocycles. The smallest absolute Gasteiger partial charge is 0.187 e. The molecule has 0 aromatic carbocycles. The van der Waals surface area contributed by atoms with E-state index in [1.165, 1.54) is 0 Å². The van der Waals surface area contributed by atoms with Gasteiger partial charge < -0.3 is 0 Å². The molecule has 1 heterocycles. The number of hydrogen-bond donors (Lipinski definition) is 0. The van der Waals surface area contributed by atoms with Gasteiger partial charge in [0.15, 0.2) is 0 Å². The zero-order chi connectivity index (χ0) is 7.56. The number of nitrogens with zero attached hydrogens (tertiary/aromatic N) is 5. The standard InChI is InChI=1S/C5H10N5/c1-6-8-5-7-4-9(2)10(5)3/h4H,1-3H3/q+1. The minimum atomic E-state index is 0.616. The maximum Gasteiger partial charge on any atom is 0.394 e. The fourth-order valence-corrected chi connectivity index (χ4v) is 0.617. The van der Waals surface area contributed by atoms with Crippen LogP contribution in [-0.4, -0.2) is 16.7 Å². The molecule has 0 aliphatic rings. The molecule has 0 aliphatic heterocycles. The first kappa shape index (κ1) is 6.85. The number of aryl methyl sites for hydroxylation is 1. The molecule has 0 radical (unpaired) electrons. The van der Waals surface area contributed by atoms with E-state index < -0.39 is 0 Å². The molecule has 0 spiro atoms. The lowest BCUT2D eigenvalue weighted by atomic mass is 11.0. The molecule has 0 saturated heterocycles. The van der Waals surface area contributed by atoms with Crippen molar-refractivity contribution >= 4 is 5.95 Å². The third-order valence-corrected chi connectivity index (χ3v) is 1.29. The summed E-state index contributed by atoms with van der Waals surface area (Å²) in [6.45, 7) is 0. The molecule has 0 fully saturated rings. The van der Waals surface area contributed by atoms with Crippen LogP contribution in [0.25, 0.3) is 0 Å². The maximum atomic E-state index is 3.97. The first-order valence-corrected chi connectivity index (χ1v) is 2.93. The highest BCUT2D eigenvalue weighted by atomic mass is 15.5. The molecule has 0 aliphatic carbocycles. The summed E-state index contributed by atoms with van der Waals surface area (Å²) in [7, 11) is 5.38. The summed E-state index contributed by atoms with van der Waals surface area (Å²) >= 11 is 0. The summed E-state index contributed by atoms with van der Waals surface area (Å²) in [6, 6.07) is 0. The Labute approximate surface area is 59.0 Å². The van der Waals surface area contributed by atoms with Crippen LogP contribution in [-0.2, 0) is 14.1 Å². The van der Waals surface area contributed by atoms with Gasteiger partial charge in [-0.3, -0.25) is 0 Å². The SMILES string of the molecule is CN=Nc1nc[n+](C)n1C. The largest absolute Gasteiger partial charge is 0.394 e. The van der Waals surface area contributed by atoms with Crippen molar-refractivity contribution in [2.45, 2.75) is 0 Å². The monoisotopic (exact) mass is 140 g/mol. The molecule has 0 unspecified atom stereocenters. The van der Waals surface area contributed by atoms with E-state index in [2.05, 4.69) is 15.2 Å². The van der Waals surface area contributed by atoms with Crippen LogP contribution in [0, 0.1) is 0 Å². The molecule has 1 aromatic rings. The molecule has 1 aromatic heterocycles. The van der Waals surface area contributed by atoms with Crippen LogP contribution in [0.15, 0.2) is 16.6 Å². The Bertz CT molecular complexity index is 249. The van der Waals surface area contributed by atoms with E-state index in [4.69, 9.17) is 0 Å². The predicted molar refractivity (Wildman–Crippen MR) is 34.8 cm³/mol. The van der Waals surface area contributed by atoms with Crippen LogP contribution in [0.3, 0.4) is 0 Å². The lowest BCUT2D eigenvalue weighted by molar-refractivity contribution is -0.751. The molecule has 0 amide bonds. The van der Waals surface area contributed by atoms with Crippen molar-refractivity contribution in [2.75, 3.05) is 7.05 Å². The molecule has 0 atom stereocenters. The highest BCUT2D eigenvalue weighted by molar-refractivity contribution is 5.06. The predicted octanol–water partition coefficient (Wildman–Crippen LogP) is -0.0419. The van der Waals surface area contributed by atoms with Crippen molar-refractivity contribution in [2.24, 2.45) is 24.3 Å². The van der Waals surface area contributed by atoms with Gasteiger partial charge in [0.05, 0.1) is 7.05 Å². The van der Waals surface area contributed by atoms with Gasteiger partial charge in [-0.15, -0.1) is 0 Å². The highest BCUT2D eigenvalue weighted by Crippen LogP contribution is 2.00. The van der Waals surface area contributed by atoms with Gasteiger partial charge in [-0.1, -0.05) is 5.11 Å². The Morgan fingerprint density at radius 2 is 2.40 bits per heavy atom. The number of azo groups is 1. The van der Waals surface area contributed by atoms with Gasteiger partial charge in [-0.2, -0.15) is 14.5 Å². The zero-order valence-electron chi connectivity index (χ0n) is 6.31. The Morgan fingerprint density at radius 1 is 1.70 bits per heavy atom. The average Bonchev–Trinajstić information content (AvgIpc) is 2.20. The van der Waals surface area contributed by atoms with E-state index in [0.29, 0.717) is 5.95 Å². The maximum absolute atomic E-state index is 3.97. The second-order valence-electron chi connectivity index (χ2n) is 1.94. The van der Waals surface area contributed by atoms with Gasteiger partial charge in [0, 0.05) is 7.05 Å². The third kappa shape index (κ3) is 1.02. The summed E-state index contributed by atoms with van der Waals surface area (Å²) in [5.41, 5.74) is 0. The molecule has 1 rings (SSSR count). The average molecular weight is 140 g/mol. The van der Waals surface area contributed by atoms with Crippen LogP contribution >= 0.6 is 0 Å². The molecule has 54 valence electrons. The van der Waals surface area contributed by atoms with E-state index >= 15 is 0 Å². The summed E-state index contributed by atoms with van der Waals surface area (Å²) in [6.07, 6.45) is 1.68. The van der Waals surface area contributed by atoms with Crippen LogP contribution in [0.4, 0.5) is 5.95 Å². The molecule has 5 nitrogen and oxygen atoms in total. The van der Waals surface area contributed by atoms with Crippen LogP contribution in [0.2, 0.25) is 0 Å². The van der Waals surface area contributed by atoms with Crippen molar-refractivity contribution in [3.63, 3.8) is 0 Å². The lowest BCUT2D eigenvalue weighted by Gasteiger charge is -1.87. The Balaban J connectivity index is 3.05. The molecule has 5 heteroatoms. The van der Waals surface area contributed by atoms with Gasteiger partial charge >= 0.3 is 12.3 Å². The summed E-state index contributed by atoms with van der Waals surface area (Å²) < 4.78 is 3.62. The first-order valence-electron chi connectivity index (χ1n) is 2.93. The van der Waals surface area contributed by atoms with Gasteiger partial charge in [0.1, 0.15) is 7.05 Å². The molecule has 0 N–H and O–H groups in total. The summed E-state index contributed by atoms with van der Waals surface area (Å²) in [5.74, 6) is 0.616. The number of hydrogen-bond acceptors (Lipinski definition) is 3. The van der Waals surface area contributed by atoms with Crippen molar-refractivity contribution in [3.8, 4) is 0 Å². The molecule has 0 bridgehead atoms. The van der Waals surface area contributed by atoms with Crippen LogP contribution < -0.4 is 4.68 Å². The number of rotatable bonds is 1. The van der Waals surface area contributed by atoms with Crippen molar-refractivity contribution in [3.05, 3.63) is 6.33 Å². The van der Waals surface area contributed by atoms with E-state index in [9.17, 15) is 0 Å². The Morgan fingerprint density at radius 3 is 2.80 bits per heavy atom.